The van der Waals surface area contributed by atoms with Gasteiger partial charge in [-0.05, 0) is 51.0 Å². The summed E-state index contributed by atoms with van der Waals surface area (Å²) >= 11 is 0. The molecule has 0 aliphatic rings. The van der Waals surface area contributed by atoms with E-state index in [9.17, 15) is 22.4 Å². The van der Waals surface area contributed by atoms with Gasteiger partial charge in [0.15, 0.2) is 0 Å². The van der Waals surface area contributed by atoms with Crippen LogP contribution in [0.4, 0.5) is 10.1 Å². The number of nitrogens with zero attached hydrogens (tertiary/aromatic N) is 2. The number of halogens is 1. The van der Waals surface area contributed by atoms with Crippen LogP contribution in [0.5, 0.6) is 5.75 Å². The van der Waals surface area contributed by atoms with Crippen LogP contribution in [0.25, 0.3) is 0 Å². The second-order valence-electron chi connectivity index (χ2n) is 11.2. The van der Waals surface area contributed by atoms with Gasteiger partial charge < -0.3 is 15.0 Å². The van der Waals surface area contributed by atoms with Crippen molar-refractivity contribution in [1.29, 1.82) is 0 Å². The molecule has 8 nitrogen and oxygen atoms in total. The third-order valence-electron chi connectivity index (χ3n) is 6.57. The molecular weight excluding hydrogens is 557 g/mol. The predicted octanol–water partition coefficient (Wildman–Crippen LogP) is 4.94. The summed E-state index contributed by atoms with van der Waals surface area (Å²) in [5.74, 6) is -0.846. The second kappa shape index (κ2) is 14.3. The van der Waals surface area contributed by atoms with Crippen LogP contribution in [0.3, 0.4) is 0 Å². The number of carbonyl (C=O) groups is 2. The van der Waals surface area contributed by atoms with Crippen LogP contribution in [-0.4, -0.2) is 56.6 Å². The summed E-state index contributed by atoms with van der Waals surface area (Å²) in [6, 6.07) is 21.3. The van der Waals surface area contributed by atoms with Crippen molar-refractivity contribution in [2.45, 2.75) is 58.2 Å². The molecule has 3 aromatic rings. The highest BCUT2D eigenvalue weighted by Crippen LogP contribution is 2.30. The molecule has 0 bridgehead atoms. The molecule has 10 heteroatoms. The average Bonchev–Trinajstić information content (AvgIpc) is 2.92. The monoisotopic (exact) mass is 597 g/mol. The number of methoxy groups -OCH3 is 1. The van der Waals surface area contributed by atoms with Gasteiger partial charge in [0.1, 0.15) is 17.6 Å². The topological polar surface area (TPSA) is 96.0 Å². The van der Waals surface area contributed by atoms with E-state index in [1.54, 1.807) is 42.5 Å². The SMILES string of the molecule is COc1ccccc1N(CCCC(=O)N(Cc1ccccc1F)[C@@H](Cc1ccccc1)C(=O)NC(C)(C)C)S(C)(=O)=O. The summed E-state index contributed by atoms with van der Waals surface area (Å²) in [6.45, 7) is 5.44. The lowest BCUT2D eigenvalue weighted by atomic mass is 10.00. The molecule has 226 valence electrons. The third kappa shape index (κ3) is 9.30. The van der Waals surface area contributed by atoms with Gasteiger partial charge in [0.2, 0.25) is 21.8 Å². The van der Waals surface area contributed by atoms with E-state index in [4.69, 9.17) is 4.74 Å². The van der Waals surface area contributed by atoms with Gasteiger partial charge in [0.05, 0.1) is 19.1 Å². The Morgan fingerprint density at radius 3 is 2.19 bits per heavy atom. The highest BCUT2D eigenvalue weighted by molar-refractivity contribution is 7.92. The van der Waals surface area contributed by atoms with Crippen LogP contribution >= 0.6 is 0 Å². The number of amides is 2. The molecule has 2 amide bonds. The number of anilines is 1. The zero-order valence-electron chi connectivity index (χ0n) is 24.8. The molecule has 0 heterocycles. The quantitative estimate of drug-likeness (QED) is 0.301. The Morgan fingerprint density at radius 1 is 0.952 bits per heavy atom. The van der Waals surface area contributed by atoms with Crippen LogP contribution in [0, 0.1) is 5.82 Å². The Kier molecular flexibility index (Phi) is 11.1. The number of benzene rings is 3. The number of carbonyl (C=O) groups excluding carboxylic acids is 2. The number of para-hydroxylation sites is 2. The molecule has 0 unspecified atom stereocenters. The normalized spacial score (nSPS) is 12.3. The first-order valence-corrected chi connectivity index (χ1v) is 15.6. The van der Waals surface area contributed by atoms with Crippen LogP contribution in [0.15, 0.2) is 78.9 Å². The van der Waals surface area contributed by atoms with Crippen molar-refractivity contribution >= 4 is 27.5 Å². The minimum Gasteiger partial charge on any atom is -0.495 e. The molecule has 0 radical (unpaired) electrons. The van der Waals surface area contributed by atoms with E-state index >= 15 is 0 Å². The first-order chi connectivity index (χ1) is 19.8. The van der Waals surface area contributed by atoms with Crippen molar-refractivity contribution < 1.29 is 27.1 Å². The Morgan fingerprint density at radius 2 is 1.57 bits per heavy atom. The zero-order chi connectivity index (χ0) is 30.9. The summed E-state index contributed by atoms with van der Waals surface area (Å²) in [6.07, 6.45) is 1.42. The number of ether oxygens (including phenoxy) is 1. The number of hydrogen-bond acceptors (Lipinski definition) is 5. The molecule has 3 rings (SSSR count). The molecule has 0 aliphatic carbocycles. The van der Waals surface area contributed by atoms with E-state index in [-0.39, 0.29) is 43.8 Å². The van der Waals surface area contributed by atoms with Crippen LogP contribution in [0.1, 0.15) is 44.7 Å². The number of hydrogen-bond donors (Lipinski definition) is 1. The van der Waals surface area contributed by atoms with Gasteiger partial charge in [0.25, 0.3) is 0 Å². The molecule has 1 atom stereocenters. The van der Waals surface area contributed by atoms with Crippen molar-refractivity contribution in [1.82, 2.24) is 10.2 Å². The van der Waals surface area contributed by atoms with Gasteiger partial charge in [-0.3, -0.25) is 13.9 Å². The van der Waals surface area contributed by atoms with E-state index in [0.717, 1.165) is 11.8 Å². The van der Waals surface area contributed by atoms with Crippen LogP contribution in [0.2, 0.25) is 0 Å². The van der Waals surface area contributed by atoms with Crippen molar-refractivity contribution in [2.24, 2.45) is 0 Å². The first-order valence-electron chi connectivity index (χ1n) is 13.8. The van der Waals surface area contributed by atoms with E-state index in [2.05, 4.69) is 5.32 Å². The zero-order valence-corrected chi connectivity index (χ0v) is 25.7. The maximum atomic E-state index is 14.8. The molecule has 0 spiro atoms. The Balaban J connectivity index is 1.93. The number of nitrogens with one attached hydrogen (secondary N) is 1. The summed E-state index contributed by atoms with van der Waals surface area (Å²) in [7, 11) is -2.24. The lowest BCUT2D eigenvalue weighted by Gasteiger charge is -2.34. The molecular formula is C32H40FN3O5S. The third-order valence-corrected chi connectivity index (χ3v) is 7.75. The average molecular weight is 598 g/mol. The van der Waals surface area contributed by atoms with Gasteiger partial charge in [-0.2, -0.15) is 0 Å². The highest BCUT2D eigenvalue weighted by Gasteiger charge is 2.33. The summed E-state index contributed by atoms with van der Waals surface area (Å²) < 4.78 is 46.8. The molecule has 0 saturated carbocycles. The largest absolute Gasteiger partial charge is 0.495 e. The number of sulfonamides is 1. The lowest BCUT2D eigenvalue weighted by Crippen LogP contribution is -2.54. The molecule has 3 aromatic carbocycles. The van der Waals surface area contributed by atoms with E-state index < -0.39 is 33.3 Å². The molecule has 0 aromatic heterocycles. The maximum Gasteiger partial charge on any atom is 0.243 e. The van der Waals surface area contributed by atoms with Gasteiger partial charge in [-0.1, -0.05) is 60.7 Å². The molecule has 0 aliphatic heterocycles. The summed E-state index contributed by atoms with van der Waals surface area (Å²) in [4.78, 5) is 28.9. The molecule has 1 N–H and O–H groups in total. The molecule has 0 fully saturated rings. The molecule has 42 heavy (non-hydrogen) atoms. The number of rotatable bonds is 13. The van der Waals surface area contributed by atoms with Crippen LogP contribution < -0.4 is 14.4 Å². The minimum absolute atomic E-state index is 0.00994. The predicted molar refractivity (Wildman–Crippen MR) is 163 cm³/mol. The van der Waals surface area contributed by atoms with E-state index in [1.807, 2.05) is 51.1 Å². The maximum absolute atomic E-state index is 14.8. The Labute approximate surface area is 248 Å². The fourth-order valence-corrected chi connectivity index (χ4v) is 5.60. The van der Waals surface area contributed by atoms with Crippen molar-refractivity contribution in [2.75, 3.05) is 24.2 Å². The van der Waals surface area contributed by atoms with E-state index in [1.165, 1.54) is 22.4 Å². The van der Waals surface area contributed by atoms with Crippen molar-refractivity contribution in [3.05, 3.63) is 95.8 Å². The van der Waals surface area contributed by atoms with Crippen LogP contribution in [-0.2, 0) is 32.6 Å². The lowest BCUT2D eigenvalue weighted by molar-refractivity contribution is -0.142. The fraction of sp³-hybridized carbons (Fsp3) is 0.375. The van der Waals surface area contributed by atoms with Gasteiger partial charge >= 0.3 is 0 Å². The van der Waals surface area contributed by atoms with Gasteiger partial charge in [0, 0.05) is 37.0 Å². The highest BCUT2D eigenvalue weighted by atomic mass is 32.2. The smallest absolute Gasteiger partial charge is 0.243 e. The molecule has 0 saturated heterocycles. The first kappa shape index (κ1) is 32.6. The second-order valence-corrected chi connectivity index (χ2v) is 13.1. The van der Waals surface area contributed by atoms with Gasteiger partial charge in [-0.25, -0.2) is 12.8 Å². The van der Waals surface area contributed by atoms with Crippen molar-refractivity contribution in [3.63, 3.8) is 0 Å². The van der Waals surface area contributed by atoms with E-state index in [0.29, 0.717) is 11.4 Å². The minimum atomic E-state index is -3.70. The fourth-order valence-electron chi connectivity index (χ4n) is 4.64. The summed E-state index contributed by atoms with van der Waals surface area (Å²) in [5.41, 5.74) is 0.921. The Hall–Kier alpha value is -3.92. The van der Waals surface area contributed by atoms with Gasteiger partial charge in [-0.15, -0.1) is 0 Å². The van der Waals surface area contributed by atoms with Crippen molar-refractivity contribution in [3.8, 4) is 5.75 Å². The standard InChI is InChI=1S/C32H40FN3O5S/c1-32(2,3)34-31(38)28(22-24-14-7-6-8-15-24)35(23-25-16-9-10-17-26(25)33)30(37)20-13-21-36(42(5,39)40)27-18-11-12-19-29(27)41-4/h6-12,14-19,28H,13,20-23H2,1-5H3,(H,34,38)/t28-/m0/s1. The Bertz CT molecular complexity index is 1460. The summed E-state index contributed by atoms with van der Waals surface area (Å²) in [5, 5.41) is 2.98.